The van der Waals surface area contributed by atoms with Gasteiger partial charge in [-0.25, -0.2) is 4.79 Å². The SMILES string of the molecule is COC(=O)C[C@@H]1NCCN([C@@H](CC(=O)OC)C(=O)OC)C1=O. The number of carbonyl (C=O) groups excluding carboxylic acids is 4. The lowest BCUT2D eigenvalue weighted by atomic mass is 10.1. The summed E-state index contributed by atoms with van der Waals surface area (Å²) in [4.78, 5) is 48.2. The van der Waals surface area contributed by atoms with Gasteiger partial charge in [-0.05, 0) is 0 Å². The molecular formula is C13H20N2O7. The Kier molecular flexibility index (Phi) is 6.77. The number of piperazine rings is 1. The number of methoxy groups -OCH3 is 3. The van der Waals surface area contributed by atoms with E-state index in [2.05, 4.69) is 19.5 Å². The van der Waals surface area contributed by atoms with Crippen molar-refractivity contribution in [3.8, 4) is 0 Å². The van der Waals surface area contributed by atoms with Gasteiger partial charge in [0.1, 0.15) is 6.04 Å². The van der Waals surface area contributed by atoms with Crippen LogP contribution in [0.3, 0.4) is 0 Å². The summed E-state index contributed by atoms with van der Waals surface area (Å²) in [6.07, 6.45) is -0.461. The molecule has 1 saturated heterocycles. The Labute approximate surface area is 127 Å². The second-order valence-corrected chi connectivity index (χ2v) is 4.64. The van der Waals surface area contributed by atoms with Gasteiger partial charge < -0.3 is 24.4 Å². The second-order valence-electron chi connectivity index (χ2n) is 4.64. The highest BCUT2D eigenvalue weighted by Gasteiger charge is 2.39. The summed E-state index contributed by atoms with van der Waals surface area (Å²) >= 11 is 0. The Bertz CT molecular complexity index is 452. The zero-order chi connectivity index (χ0) is 16.7. The number of rotatable bonds is 6. The summed E-state index contributed by atoms with van der Waals surface area (Å²) in [5.41, 5.74) is 0. The smallest absolute Gasteiger partial charge is 0.329 e. The Balaban J connectivity index is 2.88. The molecule has 0 saturated carbocycles. The van der Waals surface area contributed by atoms with Crippen LogP contribution in [-0.2, 0) is 33.4 Å². The summed E-state index contributed by atoms with van der Waals surface area (Å²) in [5, 5.41) is 2.88. The Morgan fingerprint density at radius 2 is 1.82 bits per heavy atom. The van der Waals surface area contributed by atoms with Crippen molar-refractivity contribution in [3.05, 3.63) is 0 Å². The van der Waals surface area contributed by atoms with E-state index in [4.69, 9.17) is 0 Å². The van der Waals surface area contributed by atoms with Crippen molar-refractivity contribution in [2.24, 2.45) is 0 Å². The predicted molar refractivity (Wildman–Crippen MR) is 72.6 cm³/mol. The molecule has 1 rings (SSSR count). The Hall–Kier alpha value is -2.16. The van der Waals surface area contributed by atoms with Crippen LogP contribution in [0.5, 0.6) is 0 Å². The maximum atomic E-state index is 12.4. The molecule has 0 radical (unpaired) electrons. The van der Waals surface area contributed by atoms with Gasteiger partial charge >= 0.3 is 17.9 Å². The number of hydrogen-bond acceptors (Lipinski definition) is 8. The molecule has 0 unspecified atom stereocenters. The number of hydrogen-bond donors (Lipinski definition) is 1. The van der Waals surface area contributed by atoms with Crippen LogP contribution in [0.4, 0.5) is 0 Å². The van der Waals surface area contributed by atoms with Crippen LogP contribution < -0.4 is 5.32 Å². The molecule has 1 aliphatic rings. The molecule has 1 N–H and O–H groups in total. The average Bonchev–Trinajstić information content (AvgIpc) is 2.53. The molecule has 9 heteroatoms. The highest BCUT2D eigenvalue weighted by atomic mass is 16.5. The van der Waals surface area contributed by atoms with Crippen molar-refractivity contribution < 1.29 is 33.4 Å². The first-order valence-corrected chi connectivity index (χ1v) is 6.69. The van der Waals surface area contributed by atoms with E-state index in [0.717, 1.165) is 0 Å². The summed E-state index contributed by atoms with van der Waals surface area (Å²) in [6.45, 7) is 0.593. The van der Waals surface area contributed by atoms with E-state index >= 15 is 0 Å². The number of amides is 1. The van der Waals surface area contributed by atoms with Crippen molar-refractivity contribution >= 4 is 23.8 Å². The summed E-state index contributed by atoms with van der Waals surface area (Å²) in [6, 6.07) is -1.88. The first kappa shape index (κ1) is 17.9. The molecular weight excluding hydrogens is 296 g/mol. The van der Waals surface area contributed by atoms with Gasteiger partial charge in [0.25, 0.3) is 0 Å². The molecule has 124 valence electrons. The standard InChI is InChI=1S/C13H20N2O7/c1-20-10(16)6-8-12(18)15(5-4-14-8)9(13(19)22-3)7-11(17)21-2/h8-9,14H,4-7H2,1-3H3/t8-,9-/m0/s1. The molecule has 0 aromatic rings. The van der Waals surface area contributed by atoms with Crippen LogP contribution in [0.15, 0.2) is 0 Å². The van der Waals surface area contributed by atoms with Crippen LogP contribution in [0.25, 0.3) is 0 Å². The van der Waals surface area contributed by atoms with Gasteiger partial charge in [0.05, 0.1) is 40.2 Å². The van der Waals surface area contributed by atoms with E-state index in [0.29, 0.717) is 6.54 Å². The molecule has 2 atom stereocenters. The largest absolute Gasteiger partial charge is 0.469 e. The normalized spacial score (nSPS) is 19.3. The lowest BCUT2D eigenvalue weighted by Crippen LogP contribution is -2.60. The Morgan fingerprint density at radius 3 is 2.36 bits per heavy atom. The van der Waals surface area contributed by atoms with Gasteiger partial charge in [0.2, 0.25) is 5.91 Å². The van der Waals surface area contributed by atoms with Gasteiger partial charge in [-0.1, -0.05) is 0 Å². The summed E-state index contributed by atoms with van der Waals surface area (Å²) in [5.74, 6) is -2.35. The number of ether oxygens (including phenoxy) is 3. The van der Waals surface area contributed by atoms with Gasteiger partial charge in [-0.3, -0.25) is 14.4 Å². The molecule has 0 spiro atoms. The molecule has 22 heavy (non-hydrogen) atoms. The number of nitrogens with one attached hydrogen (secondary N) is 1. The molecule has 1 aliphatic heterocycles. The minimum Gasteiger partial charge on any atom is -0.469 e. The molecule has 9 nitrogen and oxygen atoms in total. The van der Waals surface area contributed by atoms with Crippen LogP contribution >= 0.6 is 0 Å². The number of esters is 3. The highest BCUT2D eigenvalue weighted by molar-refractivity contribution is 5.92. The maximum absolute atomic E-state index is 12.4. The van der Waals surface area contributed by atoms with Crippen LogP contribution in [0.2, 0.25) is 0 Å². The second kappa shape index (κ2) is 8.32. The van der Waals surface area contributed by atoms with Crippen molar-refractivity contribution in [2.75, 3.05) is 34.4 Å². The quantitative estimate of drug-likeness (QED) is 0.463. The molecule has 0 aliphatic carbocycles. The van der Waals surface area contributed by atoms with Gasteiger partial charge in [0.15, 0.2) is 0 Å². The minimum atomic E-state index is -1.08. The fourth-order valence-corrected chi connectivity index (χ4v) is 2.17. The lowest BCUT2D eigenvalue weighted by Gasteiger charge is -2.36. The third-order valence-corrected chi connectivity index (χ3v) is 3.36. The van der Waals surface area contributed by atoms with Gasteiger partial charge in [-0.15, -0.1) is 0 Å². The van der Waals surface area contributed by atoms with Gasteiger partial charge in [0, 0.05) is 13.1 Å². The molecule has 0 bridgehead atoms. The number of nitrogens with zero attached hydrogens (tertiary/aromatic N) is 1. The average molecular weight is 316 g/mol. The maximum Gasteiger partial charge on any atom is 0.329 e. The Morgan fingerprint density at radius 1 is 1.18 bits per heavy atom. The molecule has 1 amide bonds. The van der Waals surface area contributed by atoms with E-state index in [1.54, 1.807) is 0 Å². The minimum absolute atomic E-state index is 0.155. The van der Waals surface area contributed by atoms with Crippen LogP contribution in [0.1, 0.15) is 12.8 Å². The van der Waals surface area contributed by atoms with E-state index in [1.807, 2.05) is 0 Å². The van der Waals surface area contributed by atoms with Crippen LogP contribution in [0, 0.1) is 0 Å². The lowest BCUT2D eigenvalue weighted by molar-refractivity contribution is -0.160. The third kappa shape index (κ3) is 4.42. The van der Waals surface area contributed by atoms with Gasteiger partial charge in [-0.2, -0.15) is 0 Å². The third-order valence-electron chi connectivity index (χ3n) is 3.36. The van der Waals surface area contributed by atoms with E-state index in [9.17, 15) is 19.2 Å². The topological polar surface area (TPSA) is 111 Å². The molecule has 0 aromatic heterocycles. The molecule has 0 aromatic carbocycles. The monoisotopic (exact) mass is 316 g/mol. The van der Waals surface area contributed by atoms with Crippen LogP contribution in [-0.4, -0.2) is 75.2 Å². The summed E-state index contributed by atoms with van der Waals surface area (Å²) in [7, 11) is 3.59. The predicted octanol–water partition coefficient (Wildman–Crippen LogP) is -1.55. The van der Waals surface area contributed by atoms with Crippen molar-refractivity contribution in [1.29, 1.82) is 0 Å². The molecule has 1 fully saturated rings. The zero-order valence-corrected chi connectivity index (χ0v) is 12.8. The fraction of sp³-hybridized carbons (Fsp3) is 0.692. The fourth-order valence-electron chi connectivity index (χ4n) is 2.17. The van der Waals surface area contributed by atoms with E-state index in [-0.39, 0.29) is 19.4 Å². The highest BCUT2D eigenvalue weighted by Crippen LogP contribution is 2.14. The van der Waals surface area contributed by atoms with Crippen molar-refractivity contribution in [3.63, 3.8) is 0 Å². The van der Waals surface area contributed by atoms with E-state index < -0.39 is 35.9 Å². The van der Waals surface area contributed by atoms with Crippen molar-refractivity contribution in [2.45, 2.75) is 24.9 Å². The first-order valence-electron chi connectivity index (χ1n) is 6.69. The molecule has 1 heterocycles. The number of carbonyl (C=O) groups is 4. The zero-order valence-electron chi connectivity index (χ0n) is 12.8. The van der Waals surface area contributed by atoms with E-state index in [1.165, 1.54) is 26.2 Å². The summed E-state index contributed by atoms with van der Waals surface area (Å²) < 4.78 is 13.7. The van der Waals surface area contributed by atoms with Crippen molar-refractivity contribution in [1.82, 2.24) is 10.2 Å². The first-order chi connectivity index (χ1) is 10.4.